The first-order valence-electron chi connectivity index (χ1n) is 48.5. The predicted octanol–water partition coefficient (Wildman–Crippen LogP) is 34.9. The molecule has 0 amide bonds. The van der Waals surface area contributed by atoms with E-state index in [1.807, 2.05) is 84.9 Å². The second-order valence-electron chi connectivity index (χ2n) is 37.1. The van der Waals surface area contributed by atoms with Gasteiger partial charge >= 0.3 is 0 Å². The molecule has 144 heavy (non-hydrogen) atoms. The van der Waals surface area contributed by atoms with Gasteiger partial charge in [-0.1, -0.05) is 261 Å². The van der Waals surface area contributed by atoms with Gasteiger partial charge in [0.25, 0.3) is 0 Å². The first-order chi connectivity index (χ1) is 71.4. The largest absolute Gasteiger partial charge is 0.456 e. The third-order valence-electron chi connectivity index (χ3n) is 29.4. The van der Waals surface area contributed by atoms with Crippen LogP contribution in [0.1, 0.15) is 5.56 Å². The van der Waals surface area contributed by atoms with Crippen LogP contribution in [0.3, 0.4) is 0 Å². The van der Waals surface area contributed by atoms with E-state index >= 15 is 0 Å². The Morgan fingerprint density at radius 3 is 0.903 bits per heavy atom. The zero-order valence-corrected chi connectivity index (χ0v) is 77.1. The third kappa shape index (κ3) is 12.0. The Hall–Kier alpha value is -19.8. The van der Waals surface area contributed by atoms with Gasteiger partial charge in [-0.25, -0.2) is 9.97 Å². The van der Waals surface area contributed by atoms with Crippen molar-refractivity contribution in [2.45, 2.75) is 0 Å². The van der Waals surface area contributed by atoms with Crippen LogP contribution >= 0.6 is 0 Å². The Kier molecular flexibility index (Phi) is 17.6. The molecule has 0 aliphatic carbocycles. The van der Waals surface area contributed by atoms with Crippen LogP contribution in [0.5, 0.6) is 0 Å². The van der Waals surface area contributed by atoms with Crippen LogP contribution < -0.4 is 0 Å². The molecule has 0 saturated heterocycles. The zero-order chi connectivity index (χ0) is 94.5. The van der Waals surface area contributed by atoms with E-state index in [0.717, 1.165) is 237 Å². The van der Waals surface area contributed by atoms with E-state index in [1.54, 1.807) is 0 Å². The topological polar surface area (TPSA) is 132 Å². The highest BCUT2D eigenvalue weighted by molar-refractivity contribution is 6.35. The smallest absolute Gasteiger partial charge is 0.162 e. The Bertz CT molecular complexity index is 10900. The summed E-state index contributed by atoms with van der Waals surface area (Å²) in [5, 5.41) is 32.4. The van der Waals surface area contributed by atoms with Crippen LogP contribution in [0.25, 0.3) is 287 Å². The number of rotatable bonds is 9. The molecule has 0 N–H and O–H groups in total. The second kappa shape index (κ2) is 31.6. The molecular weight excluding hydrogens is 1760 g/mol. The van der Waals surface area contributed by atoms with Gasteiger partial charge in [0.2, 0.25) is 0 Å². The minimum atomic E-state index is 0.649. The summed E-state index contributed by atoms with van der Waals surface area (Å²) < 4.78 is 40.2. The van der Waals surface area contributed by atoms with Crippen LogP contribution in [0, 0.1) is 11.3 Å². The molecule has 32 rings (SSSR count). The minimum Gasteiger partial charge on any atom is -0.456 e. The van der Waals surface area contributed by atoms with Crippen LogP contribution in [0.2, 0.25) is 0 Å². The van der Waals surface area contributed by atoms with Crippen molar-refractivity contribution in [1.82, 2.24) is 37.4 Å². The number of nitriles is 1. The Morgan fingerprint density at radius 2 is 0.493 bits per heavy atom. The normalized spacial score (nSPS) is 12.0. The molecule has 0 atom stereocenters. The zero-order valence-electron chi connectivity index (χ0n) is 77.1. The number of para-hydroxylation sites is 10. The fourth-order valence-corrected chi connectivity index (χ4v) is 23.2. The van der Waals surface area contributed by atoms with Gasteiger partial charge in [-0.2, -0.15) is 5.26 Å². The van der Waals surface area contributed by atoms with E-state index < -0.39 is 0 Å². The van der Waals surface area contributed by atoms with Gasteiger partial charge in [0.05, 0.1) is 99.7 Å². The van der Waals surface area contributed by atoms with Crippen molar-refractivity contribution in [3.8, 4) is 74.1 Å². The molecule has 0 unspecified atom stereocenters. The minimum absolute atomic E-state index is 0.649. The number of fused-ring (bicyclic) bond motifs is 36. The predicted molar refractivity (Wildman–Crippen MR) is 591 cm³/mol. The molecule has 11 aromatic heterocycles. The molecule has 670 valence electrons. The Labute approximate surface area is 820 Å². The summed E-state index contributed by atoms with van der Waals surface area (Å²) in [7, 11) is 0. The summed E-state index contributed by atoms with van der Waals surface area (Å²) in [5.74, 6) is 1.50. The van der Waals surface area contributed by atoms with Crippen molar-refractivity contribution in [2.75, 3.05) is 0 Å². The fourth-order valence-electron chi connectivity index (χ4n) is 23.2. The fraction of sp³-hybridized carbons (Fsp3) is 0. The maximum Gasteiger partial charge on any atom is 0.162 e. The first-order valence-corrected chi connectivity index (χ1v) is 48.5. The monoisotopic (exact) mass is 1840 g/mol. The number of benzene rings is 21. The van der Waals surface area contributed by atoms with Crippen molar-refractivity contribution >= 4 is 219 Å². The summed E-state index contributed by atoms with van der Waals surface area (Å²) in [5.41, 5.74) is 32.1. The molecule has 0 fully saturated rings. The van der Waals surface area contributed by atoms with E-state index in [2.05, 4.69) is 416 Å². The SMILES string of the molecule is N#Cc1ccc(-n2c3ccccc3c3c2ccc2c4c5oc6ccccc6c5ccc4n(-c4ccccc4)c23)cc1.c1ccc(-c2cc(-n3c4ccccc4c4c3ccc3c5c6oc7ccccc7c6ccc5n(-c5ccccc5)c34)nc(-c3ccccc3)n2)cc1.c1ccc(-n2c3ccc4c5ccccc5oc4c3c3ccc4c(c5ccccc5n4-c4ccc(-c5ccc6oc7ccccc7c6c5)cc4)c32)cc1. The van der Waals surface area contributed by atoms with Crippen LogP contribution in [0.4, 0.5) is 0 Å². The van der Waals surface area contributed by atoms with Crippen molar-refractivity contribution in [3.05, 3.63) is 473 Å². The van der Waals surface area contributed by atoms with Crippen LogP contribution in [0.15, 0.2) is 485 Å². The van der Waals surface area contributed by atoms with Crippen molar-refractivity contribution in [1.29, 1.82) is 5.26 Å². The van der Waals surface area contributed by atoms with Crippen molar-refractivity contribution in [3.63, 3.8) is 0 Å². The lowest BCUT2D eigenvalue weighted by Crippen LogP contribution is -2.02. The highest BCUT2D eigenvalue weighted by Gasteiger charge is 2.30. The molecule has 32 aromatic rings. The molecule has 0 aliphatic rings. The van der Waals surface area contributed by atoms with Gasteiger partial charge in [0, 0.05) is 137 Å². The number of nitrogens with zero attached hydrogens (tertiary/aromatic N) is 9. The average Bonchev–Trinajstić information content (AvgIpc) is 1.54. The van der Waals surface area contributed by atoms with E-state index in [4.69, 9.17) is 27.6 Å². The van der Waals surface area contributed by atoms with Gasteiger partial charge in [-0.05, 0) is 211 Å². The maximum atomic E-state index is 9.38. The highest BCUT2D eigenvalue weighted by atomic mass is 16.3. The van der Waals surface area contributed by atoms with E-state index in [0.29, 0.717) is 11.4 Å². The average molecular weight is 1840 g/mol. The molecule has 0 aliphatic heterocycles. The molecule has 0 spiro atoms. The molecule has 0 saturated carbocycles. The van der Waals surface area contributed by atoms with E-state index in [9.17, 15) is 5.26 Å². The van der Waals surface area contributed by atoms with Gasteiger partial charge in [-0.15, -0.1) is 0 Å². The van der Waals surface area contributed by atoms with E-state index in [-0.39, 0.29) is 0 Å². The van der Waals surface area contributed by atoms with Crippen molar-refractivity contribution < 1.29 is 17.7 Å². The van der Waals surface area contributed by atoms with E-state index in [1.165, 1.54) is 43.5 Å². The Balaban J connectivity index is 0.000000101. The molecule has 13 heteroatoms. The third-order valence-corrected chi connectivity index (χ3v) is 29.4. The second-order valence-corrected chi connectivity index (χ2v) is 37.1. The number of furan rings is 4. The summed E-state index contributed by atoms with van der Waals surface area (Å²) in [6, 6.07) is 166. The number of hydrogen-bond acceptors (Lipinski definition) is 7. The lowest BCUT2D eigenvalue weighted by Gasteiger charge is -2.12. The molecule has 0 radical (unpaired) electrons. The molecule has 11 heterocycles. The van der Waals surface area contributed by atoms with Crippen molar-refractivity contribution in [2.24, 2.45) is 0 Å². The lowest BCUT2D eigenvalue weighted by atomic mass is 10.0. The summed E-state index contributed by atoms with van der Waals surface area (Å²) >= 11 is 0. The van der Waals surface area contributed by atoms with Gasteiger partial charge in [-0.3, -0.25) is 4.57 Å². The highest BCUT2D eigenvalue weighted by Crippen LogP contribution is 2.52. The molecule has 13 nitrogen and oxygen atoms in total. The maximum absolute atomic E-state index is 9.38. The number of aromatic nitrogens is 8. The molecule has 0 bridgehead atoms. The Morgan fingerprint density at radius 1 is 0.188 bits per heavy atom. The van der Waals surface area contributed by atoms with Gasteiger partial charge < -0.3 is 40.5 Å². The summed E-state index contributed by atoms with van der Waals surface area (Å²) in [6.07, 6.45) is 0. The van der Waals surface area contributed by atoms with Crippen LogP contribution in [-0.2, 0) is 0 Å². The van der Waals surface area contributed by atoms with Crippen LogP contribution in [-0.4, -0.2) is 37.4 Å². The lowest BCUT2D eigenvalue weighted by molar-refractivity contribution is 0.669. The number of hydrogen-bond donors (Lipinski definition) is 0. The molecular formula is C131H77N9O4. The first kappa shape index (κ1) is 80.3. The quantitative estimate of drug-likeness (QED) is 0.141. The summed E-state index contributed by atoms with van der Waals surface area (Å²) in [4.78, 5) is 10.4. The molecule has 21 aromatic carbocycles. The van der Waals surface area contributed by atoms with Gasteiger partial charge in [0.1, 0.15) is 50.5 Å². The summed E-state index contributed by atoms with van der Waals surface area (Å²) in [6.45, 7) is 0. The van der Waals surface area contributed by atoms with Gasteiger partial charge in [0.15, 0.2) is 5.82 Å². The standard InChI is InChI=1S/C48H28N2O2.C46H28N4O.C37H21N3O/c1-2-10-31(11-3-1)50-41-25-23-35-33-12-5-9-17-43(33)52-48(35)46(41)37-24-26-40-45(47(37)50)36-14-4-7-15-39(36)49(40)32-21-18-29(19-22-32)30-20-27-44-38(28-30)34-13-6-8-16-42(34)51-44;1-4-14-29(15-5-1)36-28-41(48-46(47-36)30-16-6-2-7-17-30)50-37-22-12-10-21-34(37)42-38(50)27-25-35-43-39(49(44(35)42)31-18-8-3-9-19-31)26-24-33-32-20-11-13-23-40(32)51-45(33)43;38-22-23-14-16-25(17-15-23)39-30-12-6-4-11-28(30)34-31(39)21-19-29-35-32(40(36(29)34)24-8-2-1-3-9-24)20-18-27-26-10-5-7-13-33(26)41-37(27)35/h1-28H;1-28H;1-21H.